The number of hydrogen-bond acceptors (Lipinski definition) is 7. The van der Waals surface area contributed by atoms with Crippen molar-refractivity contribution >= 4 is 50.3 Å². The number of aromatic nitrogens is 2. The molecule has 0 spiro atoms. The van der Waals surface area contributed by atoms with Crippen molar-refractivity contribution in [1.29, 1.82) is 0 Å². The van der Waals surface area contributed by atoms with Crippen LogP contribution in [-0.4, -0.2) is 33.3 Å². The molecule has 10 nitrogen and oxygen atoms in total. The van der Waals surface area contributed by atoms with Gasteiger partial charge in [-0.25, -0.2) is 4.98 Å². The minimum Gasteiger partial charge on any atom is -0.483 e. The summed E-state index contributed by atoms with van der Waals surface area (Å²) in [5.41, 5.74) is 2.01. The Morgan fingerprint density at radius 1 is 1.15 bits per heavy atom. The third kappa shape index (κ3) is 6.68. The van der Waals surface area contributed by atoms with Gasteiger partial charge < -0.3 is 10.1 Å². The number of aryl methyl sites for hydroxylation is 1. The van der Waals surface area contributed by atoms with Crippen LogP contribution in [0.4, 0.5) is 11.4 Å². The molecule has 0 bridgehead atoms. The van der Waals surface area contributed by atoms with Gasteiger partial charge >= 0.3 is 0 Å². The van der Waals surface area contributed by atoms with E-state index in [-0.39, 0.29) is 35.1 Å². The number of ether oxygens (including phenoxy) is 1. The van der Waals surface area contributed by atoms with Crippen molar-refractivity contribution in [1.82, 2.24) is 9.66 Å². The number of nitro groups is 1. The quantitative estimate of drug-likeness (QED) is 0.140. The van der Waals surface area contributed by atoms with Crippen molar-refractivity contribution in [3.63, 3.8) is 0 Å². The number of nitrogens with one attached hydrogen (secondary N) is 1. The van der Waals surface area contributed by atoms with Crippen molar-refractivity contribution in [2.45, 2.75) is 44.9 Å². The second kappa shape index (κ2) is 12.4. The first-order valence-corrected chi connectivity index (χ1v) is 14.1. The topological polar surface area (TPSA) is 129 Å². The highest BCUT2D eigenvalue weighted by Crippen LogP contribution is 2.32. The van der Waals surface area contributed by atoms with Crippen molar-refractivity contribution in [2.75, 3.05) is 11.9 Å². The second-order valence-electron chi connectivity index (χ2n) is 10.0. The minimum atomic E-state index is -0.528. The van der Waals surface area contributed by atoms with Crippen LogP contribution in [0.5, 0.6) is 5.75 Å². The highest BCUT2D eigenvalue weighted by atomic mass is 79.9. The van der Waals surface area contributed by atoms with E-state index in [0.29, 0.717) is 22.4 Å². The Balaban J connectivity index is 1.48. The molecule has 1 aliphatic carbocycles. The van der Waals surface area contributed by atoms with E-state index in [4.69, 9.17) is 9.72 Å². The Morgan fingerprint density at radius 3 is 2.63 bits per heavy atom. The van der Waals surface area contributed by atoms with Crippen LogP contribution in [-0.2, 0) is 4.79 Å². The van der Waals surface area contributed by atoms with E-state index in [9.17, 15) is 19.7 Å². The predicted octanol–water partition coefficient (Wildman–Crippen LogP) is 6.32. The molecular formula is C30H28BrN5O5. The Bertz CT molecular complexity index is 1690. The van der Waals surface area contributed by atoms with Crippen LogP contribution < -0.4 is 15.6 Å². The molecule has 0 saturated heterocycles. The molecule has 3 aromatic carbocycles. The Hall–Kier alpha value is -4.38. The summed E-state index contributed by atoms with van der Waals surface area (Å²) in [7, 11) is 0. The Kier molecular flexibility index (Phi) is 8.53. The van der Waals surface area contributed by atoms with Gasteiger partial charge in [-0.05, 0) is 56.2 Å². The minimum absolute atomic E-state index is 0.0629. The van der Waals surface area contributed by atoms with Gasteiger partial charge in [0.15, 0.2) is 6.61 Å². The van der Waals surface area contributed by atoms with E-state index < -0.39 is 10.8 Å². The third-order valence-electron chi connectivity index (χ3n) is 7.01. The van der Waals surface area contributed by atoms with Crippen molar-refractivity contribution < 1.29 is 14.5 Å². The molecule has 1 aromatic heterocycles. The van der Waals surface area contributed by atoms with Crippen LogP contribution in [0.3, 0.4) is 0 Å². The van der Waals surface area contributed by atoms with Gasteiger partial charge in [0.2, 0.25) is 0 Å². The van der Waals surface area contributed by atoms with Gasteiger partial charge in [0.05, 0.1) is 22.0 Å². The molecule has 0 atom stereocenters. The molecule has 1 aliphatic rings. The molecule has 1 amide bonds. The van der Waals surface area contributed by atoms with Crippen LogP contribution in [0, 0.1) is 17.0 Å². The molecular weight excluding hydrogens is 590 g/mol. The van der Waals surface area contributed by atoms with E-state index in [1.165, 1.54) is 29.1 Å². The SMILES string of the molecule is Cc1ccc(NC(=O)COc2ccc([N+](=O)[O-])cc2C=Nn2c(C3CCCCC3)nc3ccc(Br)cc3c2=O)cc1. The Labute approximate surface area is 244 Å². The van der Waals surface area contributed by atoms with Gasteiger partial charge in [-0.3, -0.25) is 19.7 Å². The number of rotatable bonds is 8. The van der Waals surface area contributed by atoms with E-state index in [1.54, 1.807) is 24.3 Å². The zero-order valence-electron chi connectivity index (χ0n) is 22.4. The first-order chi connectivity index (χ1) is 19.8. The zero-order chi connectivity index (χ0) is 28.9. The average molecular weight is 618 g/mol. The molecule has 1 heterocycles. The summed E-state index contributed by atoms with van der Waals surface area (Å²) >= 11 is 3.42. The number of hydrogen-bond donors (Lipinski definition) is 1. The first kappa shape index (κ1) is 28.2. The van der Waals surface area contributed by atoms with Crippen LogP contribution >= 0.6 is 15.9 Å². The molecule has 4 aromatic rings. The maximum Gasteiger partial charge on any atom is 0.282 e. The lowest BCUT2D eigenvalue weighted by Crippen LogP contribution is -2.25. The first-order valence-electron chi connectivity index (χ1n) is 13.3. The summed E-state index contributed by atoms with van der Waals surface area (Å²) in [6.07, 6.45) is 6.35. The van der Waals surface area contributed by atoms with Crippen LogP contribution in [0.15, 0.2) is 75.0 Å². The standard InChI is InChI=1S/C30H28BrN5O5/c1-19-7-10-23(11-8-19)33-28(37)18-41-27-14-12-24(36(39)40)15-21(27)17-32-35-29(20-5-3-2-4-6-20)34-26-13-9-22(31)16-25(26)30(35)38/h7-17,20H,2-6,18H2,1H3,(H,33,37). The monoisotopic (exact) mass is 617 g/mol. The van der Waals surface area contributed by atoms with Gasteiger partial charge in [0, 0.05) is 33.8 Å². The zero-order valence-corrected chi connectivity index (χ0v) is 24.0. The number of carbonyl (C=O) groups excluding carboxylic acids is 1. The van der Waals surface area contributed by atoms with Gasteiger partial charge in [0.1, 0.15) is 11.6 Å². The fraction of sp³-hybridized carbons (Fsp3) is 0.267. The average Bonchev–Trinajstić information content (AvgIpc) is 2.97. The predicted molar refractivity (Wildman–Crippen MR) is 161 cm³/mol. The fourth-order valence-corrected chi connectivity index (χ4v) is 5.24. The lowest BCUT2D eigenvalue weighted by molar-refractivity contribution is -0.384. The number of non-ortho nitro benzene ring substituents is 1. The molecule has 1 fully saturated rings. The Morgan fingerprint density at radius 2 is 1.90 bits per heavy atom. The highest BCUT2D eigenvalue weighted by molar-refractivity contribution is 9.10. The molecule has 210 valence electrons. The molecule has 1 saturated carbocycles. The van der Waals surface area contributed by atoms with E-state index in [0.717, 1.165) is 42.1 Å². The van der Waals surface area contributed by atoms with Crippen molar-refractivity contribution in [3.8, 4) is 5.75 Å². The molecule has 0 aliphatic heterocycles. The molecule has 0 radical (unpaired) electrons. The number of nitro benzene ring substituents is 1. The molecule has 0 unspecified atom stereocenters. The van der Waals surface area contributed by atoms with Gasteiger partial charge in [-0.15, -0.1) is 0 Å². The summed E-state index contributed by atoms with van der Waals surface area (Å²) in [6.45, 7) is 1.62. The number of anilines is 1. The largest absolute Gasteiger partial charge is 0.483 e. The smallest absolute Gasteiger partial charge is 0.282 e. The van der Waals surface area contributed by atoms with E-state index >= 15 is 0 Å². The second-order valence-corrected chi connectivity index (χ2v) is 10.9. The normalized spacial score (nSPS) is 13.9. The third-order valence-corrected chi connectivity index (χ3v) is 7.51. The fourth-order valence-electron chi connectivity index (χ4n) is 4.88. The van der Waals surface area contributed by atoms with Gasteiger partial charge in [0.25, 0.3) is 17.2 Å². The van der Waals surface area contributed by atoms with E-state index in [2.05, 4.69) is 26.3 Å². The summed E-state index contributed by atoms with van der Waals surface area (Å²) in [5, 5.41) is 19.2. The van der Waals surface area contributed by atoms with E-state index in [1.807, 2.05) is 25.1 Å². The summed E-state index contributed by atoms with van der Waals surface area (Å²) in [6, 6.07) is 16.7. The number of amides is 1. The lowest BCUT2D eigenvalue weighted by atomic mass is 9.88. The van der Waals surface area contributed by atoms with Crippen LogP contribution in [0.2, 0.25) is 0 Å². The highest BCUT2D eigenvalue weighted by Gasteiger charge is 2.23. The number of nitrogens with zero attached hydrogens (tertiary/aromatic N) is 4. The number of fused-ring (bicyclic) bond motifs is 1. The number of halogens is 1. The lowest BCUT2D eigenvalue weighted by Gasteiger charge is -2.22. The molecule has 1 N–H and O–H groups in total. The molecule has 41 heavy (non-hydrogen) atoms. The maximum absolute atomic E-state index is 13.6. The van der Waals surface area contributed by atoms with Gasteiger partial charge in [-0.1, -0.05) is 52.9 Å². The maximum atomic E-state index is 13.6. The molecule has 5 rings (SSSR count). The van der Waals surface area contributed by atoms with Crippen molar-refractivity contribution in [3.05, 3.63) is 103 Å². The number of carbonyl (C=O) groups is 1. The molecule has 11 heteroatoms. The van der Waals surface area contributed by atoms with Gasteiger partial charge in [-0.2, -0.15) is 9.78 Å². The summed E-state index contributed by atoms with van der Waals surface area (Å²) in [5.74, 6) is 0.441. The number of benzene rings is 3. The van der Waals surface area contributed by atoms with Crippen LogP contribution in [0.1, 0.15) is 55.0 Å². The van der Waals surface area contributed by atoms with Crippen LogP contribution in [0.25, 0.3) is 10.9 Å². The summed E-state index contributed by atoms with van der Waals surface area (Å²) < 4.78 is 7.77. The summed E-state index contributed by atoms with van der Waals surface area (Å²) in [4.78, 5) is 42.0. The van der Waals surface area contributed by atoms with Crippen molar-refractivity contribution in [2.24, 2.45) is 5.10 Å².